The number of unbranched alkanes of at least 4 members (excludes halogenated alkanes) is 6. The van der Waals surface area contributed by atoms with Crippen molar-refractivity contribution in [2.24, 2.45) is 5.92 Å². The monoisotopic (exact) mass is 269 g/mol. The topological polar surface area (TPSA) is 21.3 Å². The molecule has 2 heteroatoms. The van der Waals surface area contributed by atoms with Crippen LogP contribution in [0, 0.1) is 5.92 Å². The molecule has 19 heavy (non-hydrogen) atoms. The lowest BCUT2D eigenvalue weighted by Gasteiger charge is -2.32. The van der Waals surface area contributed by atoms with Crippen LogP contribution in [0.25, 0.3) is 0 Å². The molecule has 0 aromatic heterocycles. The lowest BCUT2D eigenvalue weighted by molar-refractivity contribution is -0.0312. The van der Waals surface area contributed by atoms with Gasteiger partial charge in [0.15, 0.2) is 0 Å². The minimum atomic E-state index is 0.531. The fourth-order valence-corrected chi connectivity index (χ4v) is 3.09. The van der Waals surface area contributed by atoms with E-state index >= 15 is 0 Å². The van der Waals surface area contributed by atoms with Crippen LogP contribution in [-0.2, 0) is 4.74 Å². The second-order valence-electron chi connectivity index (χ2n) is 6.03. The van der Waals surface area contributed by atoms with Crippen LogP contribution in [0.3, 0.4) is 0 Å². The molecule has 2 unspecified atom stereocenters. The molecule has 0 aromatic rings. The van der Waals surface area contributed by atoms with Crippen molar-refractivity contribution in [2.75, 3.05) is 19.7 Å². The van der Waals surface area contributed by atoms with Crippen LogP contribution in [-0.4, -0.2) is 25.8 Å². The number of hydrogen-bond acceptors (Lipinski definition) is 2. The molecule has 0 aromatic carbocycles. The largest absolute Gasteiger partial charge is 0.378 e. The van der Waals surface area contributed by atoms with Crippen molar-refractivity contribution < 1.29 is 4.74 Å². The van der Waals surface area contributed by atoms with Gasteiger partial charge in [0.2, 0.25) is 0 Å². The van der Waals surface area contributed by atoms with Crippen molar-refractivity contribution in [1.29, 1.82) is 0 Å². The van der Waals surface area contributed by atoms with Gasteiger partial charge in [-0.25, -0.2) is 0 Å². The molecule has 114 valence electrons. The molecule has 1 N–H and O–H groups in total. The second-order valence-corrected chi connectivity index (χ2v) is 6.03. The molecule has 1 heterocycles. The molecule has 1 fully saturated rings. The van der Waals surface area contributed by atoms with E-state index in [0.717, 1.165) is 25.6 Å². The Morgan fingerprint density at radius 3 is 2.47 bits per heavy atom. The van der Waals surface area contributed by atoms with E-state index in [1.54, 1.807) is 0 Å². The Balaban J connectivity index is 2.04. The van der Waals surface area contributed by atoms with Gasteiger partial charge in [-0.1, -0.05) is 58.8 Å². The van der Waals surface area contributed by atoms with Gasteiger partial charge in [-0.15, -0.1) is 0 Å². The average Bonchev–Trinajstić information content (AvgIpc) is 2.45. The average molecular weight is 269 g/mol. The molecule has 2 nitrogen and oxygen atoms in total. The first-order valence-corrected chi connectivity index (χ1v) is 8.70. The minimum absolute atomic E-state index is 0.531. The van der Waals surface area contributed by atoms with Crippen LogP contribution < -0.4 is 5.32 Å². The van der Waals surface area contributed by atoms with Crippen molar-refractivity contribution >= 4 is 0 Å². The zero-order valence-corrected chi connectivity index (χ0v) is 13.3. The summed E-state index contributed by atoms with van der Waals surface area (Å²) < 4.78 is 5.99. The number of hydrogen-bond donors (Lipinski definition) is 1. The molecule has 0 amide bonds. The molecule has 1 rings (SSSR count). The molecular weight excluding hydrogens is 234 g/mol. The summed E-state index contributed by atoms with van der Waals surface area (Å²) in [6, 6.07) is 0. The van der Waals surface area contributed by atoms with Gasteiger partial charge in [-0.05, 0) is 31.7 Å². The van der Waals surface area contributed by atoms with Gasteiger partial charge in [0, 0.05) is 13.2 Å². The van der Waals surface area contributed by atoms with Gasteiger partial charge in [0.25, 0.3) is 0 Å². The van der Waals surface area contributed by atoms with E-state index in [1.807, 2.05) is 0 Å². The van der Waals surface area contributed by atoms with Gasteiger partial charge in [-0.3, -0.25) is 0 Å². The maximum Gasteiger partial charge on any atom is 0.0615 e. The van der Waals surface area contributed by atoms with Crippen molar-refractivity contribution in [3.05, 3.63) is 0 Å². The van der Waals surface area contributed by atoms with Crippen molar-refractivity contribution in [1.82, 2.24) is 5.32 Å². The van der Waals surface area contributed by atoms with Crippen LogP contribution in [0.2, 0.25) is 0 Å². The predicted molar refractivity (Wildman–Crippen MR) is 83.6 cm³/mol. The molecule has 0 radical (unpaired) electrons. The maximum atomic E-state index is 5.99. The first kappa shape index (κ1) is 17.0. The number of ether oxygens (including phenoxy) is 1. The molecule has 1 aliphatic heterocycles. The summed E-state index contributed by atoms with van der Waals surface area (Å²) in [7, 11) is 0. The summed E-state index contributed by atoms with van der Waals surface area (Å²) >= 11 is 0. The van der Waals surface area contributed by atoms with Crippen LogP contribution in [0.1, 0.15) is 78.1 Å². The molecular formula is C17H35NO. The third-order valence-electron chi connectivity index (χ3n) is 4.33. The highest BCUT2D eigenvalue weighted by atomic mass is 16.5. The van der Waals surface area contributed by atoms with Crippen LogP contribution in [0.5, 0.6) is 0 Å². The lowest BCUT2D eigenvalue weighted by Crippen LogP contribution is -2.36. The Kier molecular flexibility index (Phi) is 10.5. The van der Waals surface area contributed by atoms with Crippen molar-refractivity contribution in [2.45, 2.75) is 84.2 Å². The zero-order valence-electron chi connectivity index (χ0n) is 13.3. The first-order chi connectivity index (χ1) is 9.38. The Labute approximate surface area is 120 Å². The van der Waals surface area contributed by atoms with Crippen LogP contribution in [0.15, 0.2) is 0 Å². The molecule has 0 bridgehead atoms. The quantitative estimate of drug-likeness (QED) is 0.556. The van der Waals surface area contributed by atoms with E-state index in [-0.39, 0.29) is 0 Å². The van der Waals surface area contributed by atoms with E-state index in [4.69, 9.17) is 4.74 Å². The fourth-order valence-electron chi connectivity index (χ4n) is 3.09. The van der Waals surface area contributed by atoms with Crippen LogP contribution >= 0.6 is 0 Å². The van der Waals surface area contributed by atoms with E-state index in [2.05, 4.69) is 19.2 Å². The van der Waals surface area contributed by atoms with Crippen molar-refractivity contribution in [3.63, 3.8) is 0 Å². The molecule has 0 spiro atoms. The maximum absolute atomic E-state index is 5.99. The molecule has 0 saturated carbocycles. The number of nitrogens with one attached hydrogen (secondary N) is 1. The fraction of sp³-hybridized carbons (Fsp3) is 1.00. The van der Waals surface area contributed by atoms with E-state index < -0.39 is 0 Å². The van der Waals surface area contributed by atoms with Gasteiger partial charge in [-0.2, -0.15) is 0 Å². The van der Waals surface area contributed by atoms with Gasteiger partial charge >= 0.3 is 0 Å². The first-order valence-electron chi connectivity index (χ1n) is 8.70. The summed E-state index contributed by atoms with van der Waals surface area (Å²) in [5.74, 6) is 0.758. The summed E-state index contributed by atoms with van der Waals surface area (Å²) in [4.78, 5) is 0. The molecule has 1 saturated heterocycles. The Hall–Kier alpha value is -0.0800. The van der Waals surface area contributed by atoms with Gasteiger partial charge in [0.05, 0.1) is 6.10 Å². The zero-order chi connectivity index (χ0) is 13.8. The summed E-state index contributed by atoms with van der Waals surface area (Å²) in [6.07, 6.45) is 14.2. The van der Waals surface area contributed by atoms with E-state index in [1.165, 1.54) is 64.2 Å². The van der Waals surface area contributed by atoms with Gasteiger partial charge < -0.3 is 10.1 Å². The third kappa shape index (κ3) is 7.94. The second kappa shape index (κ2) is 11.7. The lowest BCUT2D eigenvalue weighted by atomic mass is 9.90. The molecule has 1 aliphatic rings. The normalized spacial score (nSPS) is 23.7. The van der Waals surface area contributed by atoms with E-state index in [9.17, 15) is 0 Å². The van der Waals surface area contributed by atoms with E-state index in [0.29, 0.717) is 6.10 Å². The SMILES string of the molecule is CCCCCCCCCC1OCCCC1CNCC. The Bertz CT molecular complexity index is 196. The Morgan fingerprint density at radius 1 is 1.00 bits per heavy atom. The standard InChI is InChI=1S/C17H35NO/c1-3-5-6-7-8-9-10-13-17-16(15-18-4-2)12-11-14-19-17/h16-18H,3-15H2,1-2H3. The van der Waals surface area contributed by atoms with Gasteiger partial charge in [0.1, 0.15) is 0 Å². The van der Waals surface area contributed by atoms with Crippen LogP contribution in [0.4, 0.5) is 0 Å². The molecule has 0 aliphatic carbocycles. The Morgan fingerprint density at radius 2 is 1.74 bits per heavy atom. The minimum Gasteiger partial charge on any atom is -0.378 e. The smallest absolute Gasteiger partial charge is 0.0615 e. The summed E-state index contributed by atoms with van der Waals surface area (Å²) in [5, 5.41) is 3.49. The predicted octanol–water partition coefficient (Wildman–Crippen LogP) is 4.53. The number of rotatable bonds is 11. The highest BCUT2D eigenvalue weighted by Gasteiger charge is 2.24. The van der Waals surface area contributed by atoms with Crippen molar-refractivity contribution in [3.8, 4) is 0 Å². The summed E-state index contributed by atoms with van der Waals surface area (Å²) in [5.41, 5.74) is 0. The molecule has 2 atom stereocenters. The highest BCUT2D eigenvalue weighted by molar-refractivity contribution is 4.76. The summed E-state index contributed by atoms with van der Waals surface area (Å²) in [6.45, 7) is 7.70. The third-order valence-corrected chi connectivity index (χ3v) is 4.33. The highest BCUT2D eigenvalue weighted by Crippen LogP contribution is 2.24.